The van der Waals surface area contributed by atoms with Crippen molar-refractivity contribution in [3.05, 3.63) is 78.4 Å². The van der Waals surface area contributed by atoms with Gasteiger partial charge in [-0.3, -0.25) is 14.5 Å². The first kappa shape index (κ1) is 18.0. The molecule has 1 aliphatic carbocycles. The van der Waals surface area contributed by atoms with Crippen LogP contribution >= 0.6 is 0 Å². The first-order valence-corrected chi connectivity index (χ1v) is 9.25. The number of nitrogens with one attached hydrogen (secondary N) is 1. The smallest absolute Gasteiger partial charge is 0.319 e. The second-order valence-corrected chi connectivity index (χ2v) is 7.01. The minimum atomic E-state index is -1.05. The molecule has 2 aromatic rings. The van der Waals surface area contributed by atoms with Crippen LogP contribution in [-0.4, -0.2) is 35.8 Å². The van der Waals surface area contributed by atoms with Crippen LogP contribution in [0.2, 0.25) is 0 Å². The van der Waals surface area contributed by atoms with Crippen LogP contribution in [0.25, 0.3) is 0 Å². The van der Waals surface area contributed by atoms with Crippen LogP contribution in [-0.2, 0) is 21.5 Å². The lowest BCUT2D eigenvalue weighted by atomic mass is 9.92. The summed E-state index contributed by atoms with van der Waals surface area (Å²) in [6.45, 7) is 3.68. The number of rotatable bonds is 5. The van der Waals surface area contributed by atoms with Crippen molar-refractivity contribution in [2.45, 2.75) is 18.4 Å². The molecule has 6 nitrogen and oxygen atoms in total. The van der Waals surface area contributed by atoms with E-state index in [1.54, 1.807) is 6.08 Å². The third-order valence-electron chi connectivity index (χ3n) is 5.40. The molecule has 2 aromatic carbocycles. The number of fused-ring (bicyclic) bond motifs is 2. The second-order valence-electron chi connectivity index (χ2n) is 7.01. The summed E-state index contributed by atoms with van der Waals surface area (Å²) in [4.78, 5) is 41.3. The maximum atomic E-state index is 13.2. The molecule has 6 heteroatoms. The number of hydrogen-bond donors (Lipinski definition) is 1. The number of amides is 4. The fourth-order valence-corrected chi connectivity index (χ4v) is 4.04. The zero-order chi connectivity index (χ0) is 19.7. The quantitative estimate of drug-likeness (QED) is 0.645. The molecule has 0 saturated carbocycles. The van der Waals surface area contributed by atoms with E-state index in [-0.39, 0.29) is 18.4 Å². The Morgan fingerprint density at radius 2 is 1.86 bits per heavy atom. The van der Waals surface area contributed by atoms with E-state index < -0.39 is 11.6 Å². The minimum absolute atomic E-state index is 0.292. The summed E-state index contributed by atoms with van der Waals surface area (Å²) in [6.07, 6.45) is 2.85. The molecule has 2 aliphatic rings. The highest BCUT2D eigenvalue weighted by atomic mass is 16.2. The van der Waals surface area contributed by atoms with Crippen LogP contribution in [0.4, 0.5) is 10.5 Å². The van der Waals surface area contributed by atoms with Crippen molar-refractivity contribution in [1.82, 2.24) is 10.2 Å². The van der Waals surface area contributed by atoms with Gasteiger partial charge >= 0.3 is 6.03 Å². The molecule has 4 rings (SSSR count). The van der Waals surface area contributed by atoms with E-state index >= 15 is 0 Å². The van der Waals surface area contributed by atoms with Gasteiger partial charge in [0.25, 0.3) is 5.91 Å². The number of anilines is 1. The Morgan fingerprint density at radius 3 is 2.61 bits per heavy atom. The number of hydrogen-bond acceptors (Lipinski definition) is 3. The third kappa shape index (κ3) is 2.78. The van der Waals surface area contributed by atoms with Crippen molar-refractivity contribution in [1.29, 1.82) is 0 Å². The van der Waals surface area contributed by atoms with Gasteiger partial charge in [-0.05, 0) is 36.1 Å². The molecule has 0 radical (unpaired) electrons. The van der Waals surface area contributed by atoms with Gasteiger partial charge in [-0.1, -0.05) is 48.5 Å². The van der Waals surface area contributed by atoms with Crippen LogP contribution in [0.1, 0.15) is 17.5 Å². The summed E-state index contributed by atoms with van der Waals surface area (Å²) in [5, 5.41) is 2.85. The summed E-state index contributed by atoms with van der Waals surface area (Å²) in [5.41, 5.74) is 1.53. The number of urea groups is 1. The highest BCUT2D eigenvalue weighted by molar-refractivity contribution is 6.11. The van der Waals surface area contributed by atoms with E-state index in [2.05, 4.69) is 11.9 Å². The molecular weight excluding hydrogens is 354 g/mol. The molecule has 28 heavy (non-hydrogen) atoms. The zero-order valence-electron chi connectivity index (χ0n) is 15.4. The van der Waals surface area contributed by atoms with Gasteiger partial charge in [0.2, 0.25) is 5.91 Å². The van der Waals surface area contributed by atoms with Crippen molar-refractivity contribution in [2.75, 3.05) is 18.0 Å². The molecule has 1 N–H and O–H groups in total. The number of imide groups is 1. The van der Waals surface area contributed by atoms with Gasteiger partial charge in [0, 0.05) is 12.2 Å². The summed E-state index contributed by atoms with van der Waals surface area (Å²) in [7, 11) is 0. The van der Waals surface area contributed by atoms with Crippen LogP contribution in [0.5, 0.6) is 0 Å². The summed E-state index contributed by atoms with van der Waals surface area (Å²) in [6, 6.07) is 16.2. The highest BCUT2D eigenvalue weighted by Crippen LogP contribution is 2.41. The third-order valence-corrected chi connectivity index (χ3v) is 5.40. The second kappa shape index (κ2) is 6.96. The summed E-state index contributed by atoms with van der Waals surface area (Å²) >= 11 is 0. The average Bonchev–Trinajstić information content (AvgIpc) is 3.20. The molecule has 4 amide bonds. The number of para-hydroxylation sites is 1. The first-order valence-electron chi connectivity index (χ1n) is 9.25. The number of carbonyl (C=O) groups is 3. The van der Waals surface area contributed by atoms with E-state index in [1.807, 2.05) is 54.6 Å². The maximum absolute atomic E-state index is 13.2. The van der Waals surface area contributed by atoms with Gasteiger partial charge in [0.15, 0.2) is 0 Å². The van der Waals surface area contributed by atoms with Crippen molar-refractivity contribution < 1.29 is 14.4 Å². The lowest BCUT2D eigenvalue weighted by Gasteiger charge is -2.25. The Balaban J connectivity index is 1.59. The van der Waals surface area contributed by atoms with Gasteiger partial charge < -0.3 is 10.2 Å². The molecule has 1 aliphatic heterocycles. The molecule has 0 aromatic heterocycles. The number of carbonyl (C=O) groups excluding carboxylic acids is 3. The van der Waals surface area contributed by atoms with Crippen LogP contribution in [0.3, 0.4) is 0 Å². The van der Waals surface area contributed by atoms with E-state index in [9.17, 15) is 14.4 Å². The van der Waals surface area contributed by atoms with Crippen molar-refractivity contribution in [2.24, 2.45) is 0 Å². The van der Waals surface area contributed by atoms with Gasteiger partial charge in [0.1, 0.15) is 12.1 Å². The van der Waals surface area contributed by atoms with Crippen molar-refractivity contribution in [3.8, 4) is 0 Å². The lowest BCUT2D eigenvalue weighted by Crippen LogP contribution is -2.45. The predicted molar refractivity (Wildman–Crippen MR) is 106 cm³/mol. The fraction of sp³-hybridized carbons (Fsp3) is 0.227. The predicted octanol–water partition coefficient (Wildman–Crippen LogP) is 2.60. The Morgan fingerprint density at radius 1 is 1.14 bits per heavy atom. The molecule has 1 saturated heterocycles. The Hall–Kier alpha value is -3.41. The normalized spacial score (nSPS) is 20.2. The van der Waals surface area contributed by atoms with E-state index in [4.69, 9.17) is 0 Å². The molecule has 0 unspecified atom stereocenters. The van der Waals surface area contributed by atoms with Gasteiger partial charge in [-0.25, -0.2) is 4.79 Å². The first-order chi connectivity index (χ1) is 13.6. The van der Waals surface area contributed by atoms with E-state index in [1.165, 1.54) is 4.90 Å². The topological polar surface area (TPSA) is 69.7 Å². The molecule has 1 spiro atoms. The standard InChI is InChI=1S/C22H21N3O3/c1-2-14-24(17-9-4-3-5-10-17)19(26)15-25-20(27)22(23-21(25)28)13-12-16-8-6-7-11-18(16)22/h2-11H,1,12-15H2,(H,23,28)/t22-/m0/s1. The summed E-state index contributed by atoms with van der Waals surface area (Å²) < 4.78 is 0. The summed E-state index contributed by atoms with van der Waals surface area (Å²) in [5.74, 6) is -0.694. The number of nitrogens with zero attached hydrogens (tertiary/aromatic N) is 2. The van der Waals surface area contributed by atoms with Gasteiger partial charge in [0.05, 0.1) is 0 Å². The lowest BCUT2D eigenvalue weighted by molar-refractivity contribution is -0.134. The number of benzene rings is 2. The van der Waals surface area contributed by atoms with Gasteiger partial charge in [-0.15, -0.1) is 6.58 Å². The van der Waals surface area contributed by atoms with Crippen LogP contribution < -0.4 is 10.2 Å². The monoisotopic (exact) mass is 375 g/mol. The molecule has 1 fully saturated rings. The zero-order valence-corrected chi connectivity index (χ0v) is 15.4. The molecule has 1 heterocycles. The van der Waals surface area contributed by atoms with E-state index in [0.717, 1.165) is 22.4 Å². The highest BCUT2D eigenvalue weighted by Gasteiger charge is 2.55. The number of aryl methyl sites for hydroxylation is 1. The largest absolute Gasteiger partial charge is 0.325 e. The fourth-order valence-electron chi connectivity index (χ4n) is 4.04. The molecule has 142 valence electrons. The van der Waals surface area contributed by atoms with Crippen molar-refractivity contribution >= 4 is 23.5 Å². The minimum Gasteiger partial charge on any atom is -0.319 e. The Bertz CT molecular complexity index is 957. The Labute approximate surface area is 163 Å². The van der Waals surface area contributed by atoms with Crippen LogP contribution in [0, 0.1) is 0 Å². The molecular formula is C22H21N3O3. The maximum Gasteiger partial charge on any atom is 0.325 e. The van der Waals surface area contributed by atoms with Gasteiger partial charge in [-0.2, -0.15) is 0 Å². The Kier molecular flexibility index (Phi) is 4.47. The SMILES string of the molecule is C=CCN(C(=O)CN1C(=O)N[C@]2(CCc3ccccc32)C1=O)c1ccccc1. The average molecular weight is 375 g/mol. The molecule has 1 atom stereocenters. The molecule has 0 bridgehead atoms. The van der Waals surface area contributed by atoms with Crippen molar-refractivity contribution in [3.63, 3.8) is 0 Å². The van der Waals surface area contributed by atoms with Crippen LogP contribution in [0.15, 0.2) is 67.3 Å². The van der Waals surface area contributed by atoms with E-state index in [0.29, 0.717) is 18.7 Å².